The molecule has 0 aliphatic carbocycles. The van der Waals surface area contributed by atoms with Gasteiger partial charge >= 0.3 is 0 Å². The topological polar surface area (TPSA) is 72.2 Å². The fourth-order valence-corrected chi connectivity index (χ4v) is 1.92. The highest BCUT2D eigenvalue weighted by molar-refractivity contribution is 5.83. The summed E-state index contributed by atoms with van der Waals surface area (Å²) in [5.74, 6) is -0.252. The lowest BCUT2D eigenvalue weighted by atomic mass is 10.2. The van der Waals surface area contributed by atoms with Crippen LogP contribution in [0.2, 0.25) is 0 Å². The molecule has 3 rings (SSSR count). The average Bonchev–Trinajstić information content (AvgIpc) is 2.92. The first kappa shape index (κ1) is 13.0. The fraction of sp³-hybridized carbons (Fsp3) is 0.0667. The van der Waals surface area contributed by atoms with Crippen molar-refractivity contribution in [2.75, 3.05) is 0 Å². The van der Waals surface area contributed by atoms with Crippen molar-refractivity contribution in [3.8, 4) is 0 Å². The van der Waals surface area contributed by atoms with Crippen LogP contribution in [0, 0.1) is 0 Å². The molecule has 1 aromatic heterocycles. The Hall–Kier alpha value is -3.02. The molecule has 1 amide bonds. The van der Waals surface area contributed by atoms with E-state index in [1.165, 1.54) is 0 Å². The van der Waals surface area contributed by atoms with Crippen molar-refractivity contribution in [1.82, 2.24) is 20.4 Å². The van der Waals surface area contributed by atoms with Gasteiger partial charge in [-0.1, -0.05) is 47.7 Å². The van der Waals surface area contributed by atoms with E-state index in [1.807, 2.05) is 54.6 Å². The second kappa shape index (κ2) is 5.96. The number of benzene rings is 2. The van der Waals surface area contributed by atoms with Gasteiger partial charge in [-0.3, -0.25) is 4.79 Å². The van der Waals surface area contributed by atoms with Gasteiger partial charge in [-0.25, -0.2) is 10.1 Å². The fourth-order valence-electron chi connectivity index (χ4n) is 1.92. The highest BCUT2D eigenvalue weighted by Crippen LogP contribution is 2.08. The number of nitrogens with one attached hydrogen (secondary N) is 1. The molecule has 21 heavy (non-hydrogen) atoms. The van der Waals surface area contributed by atoms with Crippen LogP contribution < -0.4 is 5.43 Å². The molecule has 0 bridgehead atoms. The third-order valence-corrected chi connectivity index (χ3v) is 2.92. The Morgan fingerprint density at radius 2 is 1.90 bits per heavy atom. The van der Waals surface area contributed by atoms with Gasteiger partial charge in [0, 0.05) is 0 Å². The minimum absolute atomic E-state index is 0.0760. The van der Waals surface area contributed by atoms with Crippen LogP contribution >= 0.6 is 0 Å². The third kappa shape index (κ3) is 3.11. The van der Waals surface area contributed by atoms with Gasteiger partial charge in [-0.2, -0.15) is 5.10 Å². The lowest BCUT2D eigenvalue weighted by molar-refractivity contribution is -0.121. The quantitative estimate of drug-likeness (QED) is 0.582. The zero-order chi connectivity index (χ0) is 14.5. The molecule has 0 aliphatic heterocycles. The highest BCUT2D eigenvalue weighted by atomic mass is 16.2. The van der Waals surface area contributed by atoms with Crippen molar-refractivity contribution < 1.29 is 4.79 Å². The number of hydrogen-bond acceptors (Lipinski definition) is 4. The summed E-state index contributed by atoms with van der Waals surface area (Å²) in [6, 6.07) is 17.0. The first-order valence-electron chi connectivity index (χ1n) is 6.48. The number of carbonyl (C=O) groups excluding carboxylic acids is 1. The van der Waals surface area contributed by atoms with Crippen molar-refractivity contribution in [2.24, 2.45) is 5.10 Å². The molecule has 0 saturated carbocycles. The monoisotopic (exact) mass is 279 g/mol. The zero-order valence-corrected chi connectivity index (χ0v) is 11.2. The minimum Gasteiger partial charge on any atom is -0.271 e. The molecular weight excluding hydrogens is 266 g/mol. The SMILES string of the molecule is O=C(Cn1nnc2ccccc21)N/N=C/c1ccccc1. The first-order valence-corrected chi connectivity index (χ1v) is 6.48. The van der Waals surface area contributed by atoms with E-state index in [0.717, 1.165) is 16.6 Å². The Morgan fingerprint density at radius 1 is 1.14 bits per heavy atom. The summed E-state index contributed by atoms with van der Waals surface area (Å²) in [4.78, 5) is 11.8. The van der Waals surface area contributed by atoms with Crippen LogP contribution in [0.25, 0.3) is 11.0 Å². The summed E-state index contributed by atoms with van der Waals surface area (Å²) in [5, 5.41) is 11.9. The van der Waals surface area contributed by atoms with E-state index in [1.54, 1.807) is 10.9 Å². The van der Waals surface area contributed by atoms with E-state index in [2.05, 4.69) is 20.8 Å². The summed E-state index contributed by atoms with van der Waals surface area (Å²) in [6.45, 7) is 0.0760. The van der Waals surface area contributed by atoms with E-state index < -0.39 is 0 Å². The standard InChI is InChI=1S/C15H13N5O/c21-15(18-16-10-12-6-2-1-3-7-12)11-20-14-9-5-4-8-13(14)17-19-20/h1-10H,11H2,(H,18,21)/b16-10+. The van der Waals surface area contributed by atoms with Gasteiger partial charge in [0.05, 0.1) is 11.7 Å². The Kier molecular flexibility index (Phi) is 3.68. The van der Waals surface area contributed by atoms with Crippen LogP contribution in [0.3, 0.4) is 0 Å². The maximum absolute atomic E-state index is 11.8. The van der Waals surface area contributed by atoms with Crippen LogP contribution in [0.1, 0.15) is 5.56 Å². The molecule has 0 spiro atoms. The summed E-state index contributed by atoms with van der Waals surface area (Å²) >= 11 is 0. The van der Waals surface area contributed by atoms with Crippen LogP contribution in [0.4, 0.5) is 0 Å². The molecule has 104 valence electrons. The Bertz CT molecular complexity index is 779. The molecule has 3 aromatic rings. The van der Waals surface area contributed by atoms with Gasteiger partial charge in [-0.05, 0) is 17.7 Å². The summed E-state index contributed by atoms with van der Waals surface area (Å²) in [6.07, 6.45) is 1.59. The molecule has 0 aliphatic rings. The Morgan fingerprint density at radius 3 is 2.76 bits per heavy atom. The molecule has 0 unspecified atom stereocenters. The second-order valence-electron chi connectivity index (χ2n) is 4.44. The summed E-state index contributed by atoms with van der Waals surface area (Å²) in [7, 11) is 0. The van der Waals surface area contributed by atoms with Gasteiger partial charge in [-0.15, -0.1) is 5.10 Å². The third-order valence-electron chi connectivity index (χ3n) is 2.92. The first-order chi connectivity index (χ1) is 10.3. The van der Waals surface area contributed by atoms with Crippen molar-refractivity contribution in [3.63, 3.8) is 0 Å². The van der Waals surface area contributed by atoms with Crippen LogP contribution in [-0.2, 0) is 11.3 Å². The lowest BCUT2D eigenvalue weighted by Crippen LogP contribution is -2.23. The molecule has 2 aromatic carbocycles. The lowest BCUT2D eigenvalue weighted by Gasteiger charge is -2.00. The number of rotatable bonds is 4. The molecule has 6 heteroatoms. The van der Waals surface area contributed by atoms with Crippen molar-refractivity contribution in [3.05, 3.63) is 60.2 Å². The van der Waals surface area contributed by atoms with Crippen molar-refractivity contribution in [2.45, 2.75) is 6.54 Å². The van der Waals surface area contributed by atoms with E-state index in [-0.39, 0.29) is 12.5 Å². The van der Waals surface area contributed by atoms with E-state index >= 15 is 0 Å². The Labute approximate surface area is 121 Å². The van der Waals surface area contributed by atoms with Crippen LogP contribution in [-0.4, -0.2) is 27.1 Å². The zero-order valence-electron chi connectivity index (χ0n) is 11.2. The molecule has 6 nitrogen and oxygen atoms in total. The van der Waals surface area contributed by atoms with Gasteiger partial charge in [0.1, 0.15) is 12.1 Å². The van der Waals surface area contributed by atoms with Crippen molar-refractivity contribution in [1.29, 1.82) is 0 Å². The molecule has 0 atom stereocenters. The number of para-hydroxylation sites is 1. The Balaban J connectivity index is 1.63. The van der Waals surface area contributed by atoms with Gasteiger partial charge in [0.15, 0.2) is 0 Å². The largest absolute Gasteiger partial charge is 0.271 e. The minimum atomic E-state index is -0.252. The van der Waals surface area contributed by atoms with Crippen molar-refractivity contribution >= 4 is 23.2 Å². The predicted molar refractivity (Wildman–Crippen MR) is 79.7 cm³/mol. The van der Waals surface area contributed by atoms with Gasteiger partial charge < -0.3 is 0 Å². The number of amides is 1. The van der Waals surface area contributed by atoms with Gasteiger partial charge in [0.25, 0.3) is 5.91 Å². The molecule has 0 radical (unpaired) electrons. The maximum atomic E-state index is 11.8. The maximum Gasteiger partial charge on any atom is 0.261 e. The molecule has 1 N–H and O–H groups in total. The summed E-state index contributed by atoms with van der Waals surface area (Å²) < 4.78 is 1.54. The number of hydrogen-bond donors (Lipinski definition) is 1. The number of carbonyl (C=O) groups is 1. The second-order valence-corrected chi connectivity index (χ2v) is 4.44. The van der Waals surface area contributed by atoms with Crippen LogP contribution in [0.15, 0.2) is 59.7 Å². The number of aromatic nitrogens is 3. The summed E-state index contributed by atoms with van der Waals surface area (Å²) in [5.41, 5.74) is 4.98. The number of nitrogens with zero attached hydrogens (tertiary/aromatic N) is 4. The number of hydrazone groups is 1. The van der Waals surface area contributed by atoms with E-state index in [0.29, 0.717) is 0 Å². The van der Waals surface area contributed by atoms with Crippen LogP contribution in [0.5, 0.6) is 0 Å². The number of fused-ring (bicyclic) bond motifs is 1. The molecule has 0 fully saturated rings. The highest BCUT2D eigenvalue weighted by Gasteiger charge is 2.07. The molecule has 0 saturated heterocycles. The predicted octanol–water partition coefficient (Wildman–Crippen LogP) is 1.58. The molecule has 1 heterocycles. The molecular formula is C15H13N5O. The van der Waals surface area contributed by atoms with Gasteiger partial charge in [0.2, 0.25) is 0 Å². The average molecular weight is 279 g/mol. The normalized spacial score (nSPS) is 11.0. The smallest absolute Gasteiger partial charge is 0.261 e. The van der Waals surface area contributed by atoms with E-state index in [9.17, 15) is 4.79 Å². The van der Waals surface area contributed by atoms with E-state index in [4.69, 9.17) is 0 Å².